The van der Waals surface area contributed by atoms with Crippen molar-refractivity contribution in [3.63, 3.8) is 0 Å². The van der Waals surface area contributed by atoms with E-state index in [2.05, 4.69) is 33.4 Å². The highest BCUT2D eigenvalue weighted by Crippen LogP contribution is 2.60. The number of hydrogen-bond acceptors (Lipinski definition) is 4. The van der Waals surface area contributed by atoms with Crippen molar-refractivity contribution >= 4 is 45.5 Å². The summed E-state index contributed by atoms with van der Waals surface area (Å²) in [5.74, 6) is 1.66. The number of benzene rings is 3. The molecule has 41 heavy (non-hydrogen) atoms. The quantitative estimate of drug-likeness (QED) is 0.237. The number of anilines is 1. The molecule has 4 bridgehead atoms. The molecule has 1 N–H and O–H groups in total. The van der Waals surface area contributed by atoms with E-state index < -0.39 is 17.8 Å². The van der Waals surface area contributed by atoms with Crippen LogP contribution in [0.4, 0.5) is 10.5 Å². The molecular weight excluding hydrogens is 580 g/mol. The minimum absolute atomic E-state index is 0.116. The molecule has 8 rings (SSSR count). The van der Waals surface area contributed by atoms with Crippen molar-refractivity contribution in [2.75, 3.05) is 4.90 Å². The van der Waals surface area contributed by atoms with Gasteiger partial charge in [0, 0.05) is 10.0 Å². The van der Waals surface area contributed by atoms with Crippen LogP contribution in [0.3, 0.4) is 0 Å². The summed E-state index contributed by atoms with van der Waals surface area (Å²) in [6.45, 7) is 0.328. The second-order valence-corrected chi connectivity index (χ2v) is 13.1. The topological polar surface area (TPSA) is 75.7 Å². The molecule has 1 aliphatic heterocycles. The van der Waals surface area contributed by atoms with E-state index in [9.17, 15) is 14.4 Å². The van der Waals surface area contributed by atoms with Crippen LogP contribution in [-0.2, 0) is 21.6 Å². The predicted molar refractivity (Wildman–Crippen MR) is 160 cm³/mol. The van der Waals surface area contributed by atoms with Gasteiger partial charge in [-0.25, -0.2) is 9.69 Å². The fraction of sp³-hybridized carbons (Fsp3) is 0.324. The first-order chi connectivity index (χ1) is 19.9. The van der Waals surface area contributed by atoms with Gasteiger partial charge in [0.1, 0.15) is 17.9 Å². The molecule has 0 atom stereocenters. The Morgan fingerprint density at radius 2 is 1.49 bits per heavy atom. The standard InChI is InChI=1S/C34H31BrN2O4/c35-27-9-5-21(6-10-27)20-41-30-4-2-1-3-25(30)16-29-31(38)36-33(40)37(32(29)39)28-11-7-26(8-12-28)34-17-22-13-23(18-34)15-24(14-22)19-34/h1-12,16,22-24H,13-15,17-20H2,(H,36,38,40)/b29-16+. The highest BCUT2D eigenvalue weighted by atomic mass is 79.9. The molecule has 5 aliphatic rings. The van der Waals surface area contributed by atoms with Crippen molar-refractivity contribution < 1.29 is 19.1 Å². The van der Waals surface area contributed by atoms with E-state index in [1.165, 1.54) is 50.2 Å². The van der Waals surface area contributed by atoms with Crippen LogP contribution >= 0.6 is 15.9 Å². The summed E-state index contributed by atoms with van der Waals surface area (Å²) in [5, 5.41) is 2.35. The maximum atomic E-state index is 13.6. The fourth-order valence-corrected chi connectivity index (χ4v) is 8.21. The molecule has 0 aromatic heterocycles. The molecular formula is C34H31BrN2O4. The van der Waals surface area contributed by atoms with E-state index in [4.69, 9.17) is 4.74 Å². The number of imide groups is 2. The van der Waals surface area contributed by atoms with E-state index in [1.807, 2.05) is 48.5 Å². The van der Waals surface area contributed by atoms with Gasteiger partial charge in [0.2, 0.25) is 0 Å². The average molecular weight is 612 g/mol. The molecule has 0 unspecified atom stereocenters. The molecule has 3 aromatic carbocycles. The molecule has 4 aliphatic carbocycles. The molecule has 1 heterocycles. The number of rotatable bonds is 6. The van der Waals surface area contributed by atoms with E-state index in [0.717, 1.165) is 32.7 Å². The Hall–Kier alpha value is -3.71. The van der Waals surface area contributed by atoms with Gasteiger partial charge in [-0.15, -0.1) is 0 Å². The number of urea groups is 1. The van der Waals surface area contributed by atoms with Crippen LogP contribution in [-0.4, -0.2) is 17.8 Å². The summed E-state index contributed by atoms with van der Waals surface area (Å²) in [5.41, 5.74) is 3.44. The number of carbonyl (C=O) groups excluding carboxylic acids is 3. The number of halogens is 1. The molecule has 208 valence electrons. The molecule has 0 radical (unpaired) electrons. The number of carbonyl (C=O) groups is 3. The Morgan fingerprint density at radius 1 is 0.854 bits per heavy atom. The molecule has 1 saturated heterocycles. The maximum Gasteiger partial charge on any atom is 0.335 e. The number of hydrogen-bond donors (Lipinski definition) is 1. The fourth-order valence-electron chi connectivity index (χ4n) is 7.95. The first-order valence-electron chi connectivity index (χ1n) is 14.4. The lowest BCUT2D eigenvalue weighted by Gasteiger charge is -2.57. The van der Waals surface area contributed by atoms with Crippen molar-refractivity contribution in [1.29, 1.82) is 0 Å². The monoisotopic (exact) mass is 610 g/mol. The maximum absolute atomic E-state index is 13.6. The van der Waals surface area contributed by atoms with Gasteiger partial charge in [-0.05, 0) is 109 Å². The van der Waals surface area contributed by atoms with Crippen LogP contribution in [0.25, 0.3) is 6.08 Å². The van der Waals surface area contributed by atoms with Gasteiger partial charge in [0.25, 0.3) is 11.8 Å². The van der Waals surface area contributed by atoms with Crippen LogP contribution in [0.1, 0.15) is 55.2 Å². The van der Waals surface area contributed by atoms with Gasteiger partial charge in [-0.1, -0.05) is 58.4 Å². The first kappa shape index (κ1) is 26.2. The molecule has 4 saturated carbocycles. The van der Waals surface area contributed by atoms with E-state index in [1.54, 1.807) is 12.1 Å². The van der Waals surface area contributed by atoms with Gasteiger partial charge in [-0.3, -0.25) is 14.9 Å². The summed E-state index contributed by atoms with van der Waals surface area (Å²) >= 11 is 3.43. The van der Waals surface area contributed by atoms with Crippen molar-refractivity contribution in [2.24, 2.45) is 17.8 Å². The van der Waals surface area contributed by atoms with E-state index in [-0.39, 0.29) is 11.0 Å². The highest BCUT2D eigenvalue weighted by molar-refractivity contribution is 9.10. The summed E-state index contributed by atoms with van der Waals surface area (Å²) < 4.78 is 7.02. The van der Waals surface area contributed by atoms with Crippen molar-refractivity contribution in [2.45, 2.75) is 50.5 Å². The summed E-state index contributed by atoms with van der Waals surface area (Å²) in [6, 6.07) is 22.2. The number of nitrogens with one attached hydrogen (secondary N) is 1. The number of barbiturate groups is 1. The van der Waals surface area contributed by atoms with Crippen LogP contribution in [0.2, 0.25) is 0 Å². The average Bonchev–Trinajstić information content (AvgIpc) is 2.95. The third-order valence-electron chi connectivity index (χ3n) is 9.40. The SMILES string of the molecule is O=C1NC(=O)N(c2ccc(C34CC5CC(CC(C5)C3)C4)cc2)C(=O)/C1=C/c1ccccc1OCc1ccc(Br)cc1. The lowest BCUT2D eigenvalue weighted by Crippen LogP contribution is -2.54. The lowest BCUT2D eigenvalue weighted by molar-refractivity contribution is -0.122. The molecule has 7 heteroatoms. The zero-order chi connectivity index (χ0) is 28.1. The minimum Gasteiger partial charge on any atom is -0.488 e. The zero-order valence-corrected chi connectivity index (χ0v) is 24.2. The Bertz CT molecular complexity index is 1530. The van der Waals surface area contributed by atoms with Crippen molar-refractivity contribution in [1.82, 2.24) is 5.32 Å². The van der Waals surface area contributed by atoms with Crippen LogP contribution in [0.15, 0.2) is 82.8 Å². The Morgan fingerprint density at radius 3 is 2.15 bits per heavy atom. The second kappa shape index (κ2) is 10.3. The predicted octanol–water partition coefficient (Wildman–Crippen LogP) is 7.16. The lowest BCUT2D eigenvalue weighted by atomic mass is 9.48. The molecule has 0 spiro atoms. The van der Waals surface area contributed by atoms with Crippen molar-refractivity contribution in [3.8, 4) is 5.75 Å². The van der Waals surface area contributed by atoms with E-state index in [0.29, 0.717) is 23.6 Å². The van der Waals surface area contributed by atoms with Gasteiger partial charge in [0.15, 0.2) is 0 Å². The molecule has 3 aromatic rings. The Balaban J connectivity index is 1.13. The molecule has 4 amide bonds. The summed E-state index contributed by atoms with van der Waals surface area (Å²) in [6.07, 6.45) is 9.35. The molecule has 6 nitrogen and oxygen atoms in total. The van der Waals surface area contributed by atoms with E-state index >= 15 is 0 Å². The Kier molecular flexibility index (Phi) is 6.57. The van der Waals surface area contributed by atoms with Gasteiger partial charge in [-0.2, -0.15) is 0 Å². The number of nitrogens with zero attached hydrogens (tertiary/aromatic N) is 1. The summed E-state index contributed by atoms with van der Waals surface area (Å²) in [4.78, 5) is 40.4. The number of amides is 4. The number of ether oxygens (including phenoxy) is 1. The van der Waals surface area contributed by atoms with Crippen LogP contribution in [0, 0.1) is 17.8 Å². The minimum atomic E-state index is -0.737. The van der Waals surface area contributed by atoms with Crippen molar-refractivity contribution in [3.05, 3.63) is 99.5 Å². The van der Waals surface area contributed by atoms with Crippen LogP contribution < -0.4 is 15.0 Å². The van der Waals surface area contributed by atoms with Crippen LogP contribution in [0.5, 0.6) is 5.75 Å². The highest BCUT2D eigenvalue weighted by Gasteiger charge is 2.51. The largest absolute Gasteiger partial charge is 0.488 e. The first-order valence-corrected chi connectivity index (χ1v) is 15.1. The third-order valence-corrected chi connectivity index (χ3v) is 9.93. The van der Waals surface area contributed by atoms with Gasteiger partial charge in [0.05, 0.1) is 5.69 Å². The Labute approximate surface area is 247 Å². The summed E-state index contributed by atoms with van der Waals surface area (Å²) in [7, 11) is 0. The second-order valence-electron chi connectivity index (χ2n) is 12.2. The molecule has 5 fully saturated rings. The van der Waals surface area contributed by atoms with Gasteiger partial charge < -0.3 is 4.74 Å². The number of para-hydroxylation sites is 1. The normalized spacial score (nSPS) is 27.8. The third kappa shape index (κ3) is 4.90. The van der Waals surface area contributed by atoms with Gasteiger partial charge >= 0.3 is 6.03 Å². The zero-order valence-electron chi connectivity index (χ0n) is 22.6. The smallest absolute Gasteiger partial charge is 0.335 e.